The number of carboxylic acid groups (broad SMARTS) is 1. The summed E-state index contributed by atoms with van der Waals surface area (Å²) in [7, 11) is 0. The van der Waals surface area contributed by atoms with Crippen molar-refractivity contribution in [3.05, 3.63) is 0 Å². The molecule has 1 rings (SSSR count). The van der Waals surface area contributed by atoms with Crippen molar-refractivity contribution < 1.29 is 39.5 Å². The Hall–Kier alpha value is 0.470. The maximum Gasteiger partial charge on any atom is 1.00 e. The molecule has 3 heteroatoms. The predicted octanol–water partition coefficient (Wildman–Crippen LogP) is -2.58. The van der Waals surface area contributed by atoms with Crippen molar-refractivity contribution in [1.29, 1.82) is 0 Å². The van der Waals surface area contributed by atoms with Crippen molar-refractivity contribution >= 4 is 5.97 Å². The summed E-state index contributed by atoms with van der Waals surface area (Å²) in [5, 5.41) is 10.5. The van der Waals surface area contributed by atoms with Gasteiger partial charge in [-0.25, -0.2) is 0 Å². The van der Waals surface area contributed by atoms with Gasteiger partial charge < -0.3 is 9.90 Å². The molecule has 58 valence electrons. The quantitative estimate of drug-likeness (QED) is 0.399. The maximum atomic E-state index is 10.5. The minimum absolute atomic E-state index is 0. The van der Waals surface area contributed by atoms with Crippen molar-refractivity contribution in [2.75, 3.05) is 0 Å². The Kier molecular flexibility index (Phi) is 2.87. The molecule has 0 radical (unpaired) electrons. The Morgan fingerprint density at radius 3 is 1.45 bits per heavy atom. The first kappa shape index (κ1) is 11.5. The molecule has 0 bridgehead atoms. The van der Waals surface area contributed by atoms with E-state index in [2.05, 4.69) is 0 Å². The maximum absolute atomic E-state index is 10.5. The third-order valence-corrected chi connectivity index (χ3v) is 3.26. The first-order valence-corrected chi connectivity index (χ1v) is 3.52. The third kappa shape index (κ3) is 1.36. The van der Waals surface area contributed by atoms with E-state index in [9.17, 15) is 9.90 Å². The van der Waals surface area contributed by atoms with Crippen LogP contribution in [-0.4, -0.2) is 5.97 Å². The number of carbonyl (C=O) groups is 1. The van der Waals surface area contributed by atoms with Crippen LogP contribution in [0.15, 0.2) is 0 Å². The zero-order valence-corrected chi connectivity index (χ0v) is 9.89. The second-order valence-corrected chi connectivity index (χ2v) is 4.20. The van der Waals surface area contributed by atoms with Crippen molar-refractivity contribution in [2.45, 2.75) is 27.7 Å². The predicted molar refractivity (Wildman–Crippen MR) is 36.1 cm³/mol. The second kappa shape index (κ2) is 2.75. The summed E-state index contributed by atoms with van der Waals surface area (Å²) in [5.41, 5.74) is -0.155. The SMILES string of the molecule is CC1(C)C(C(=O)[O-])C1(C)C.[Na+]. The van der Waals surface area contributed by atoms with Crippen LogP contribution in [0.1, 0.15) is 27.7 Å². The van der Waals surface area contributed by atoms with Gasteiger partial charge >= 0.3 is 29.6 Å². The van der Waals surface area contributed by atoms with Crippen molar-refractivity contribution in [1.82, 2.24) is 0 Å². The fourth-order valence-electron chi connectivity index (χ4n) is 1.79. The number of carbonyl (C=O) groups excluding carboxylic acids is 1. The summed E-state index contributed by atoms with van der Waals surface area (Å²) in [5.74, 6) is -1.17. The molecule has 1 aliphatic rings. The van der Waals surface area contributed by atoms with Crippen LogP contribution in [0.25, 0.3) is 0 Å². The van der Waals surface area contributed by atoms with E-state index >= 15 is 0 Å². The molecule has 0 saturated heterocycles. The van der Waals surface area contributed by atoms with Crippen LogP contribution in [0, 0.1) is 16.7 Å². The molecule has 2 nitrogen and oxygen atoms in total. The minimum atomic E-state index is -0.907. The van der Waals surface area contributed by atoms with E-state index in [4.69, 9.17) is 0 Å². The van der Waals surface area contributed by atoms with E-state index in [1.165, 1.54) is 0 Å². The van der Waals surface area contributed by atoms with Gasteiger partial charge in [-0.3, -0.25) is 0 Å². The van der Waals surface area contributed by atoms with Gasteiger partial charge in [0.05, 0.1) is 0 Å². The first-order chi connectivity index (χ1) is 4.32. The van der Waals surface area contributed by atoms with Gasteiger partial charge in [0.15, 0.2) is 0 Å². The molecule has 11 heavy (non-hydrogen) atoms. The average Bonchev–Trinajstić information content (AvgIpc) is 1.97. The molecule has 0 atom stereocenters. The molecule has 0 spiro atoms. The largest absolute Gasteiger partial charge is 1.00 e. The number of rotatable bonds is 1. The minimum Gasteiger partial charge on any atom is -0.550 e. The van der Waals surface area contributed by atoms with Gasteiger partial charge in [0.2, 0.25) is 0 Å². The number of hydrogen-bond donors (Lipinski definition) is 0. The molecule has 0 aromatic carbocycles. The summed E-state index contributed by atoms with van der Waals surface area (Å²) < 4.78 is 0. The smallest absolute Gasteiger partial charge is 0.550 e. The Balaban J connectivity index is 0.000001000. The zero-order chi connectivity index (χ0) is 8.15. The molecule has 1 fully saturated rings. The molecule has 0 unspecified atom stereocenters. The number of hydrogen-bond acceptors (Lipinski definition) is 2. The van der Waals surface area contributed by atoms with E-state index in [1.54, 1.807) is 0 Å². The monoisotopic (exact) mass is 164 g/mol. The van der Waals surface area contributed by atoms with Crippen molar-refractivity contribution in [2.24, 2.45) is 16.7 Å². The number of carboxylic acids is 1. The molecule has 0 aromatic heterocycles. The fraction of sp³-hybridized carbons (Fsp3) is 0.875. The van der Waals surface area contributed by atoms with Crippen LogP contribution in [0.4, 0.5) is 0 Å². The Bertz CT molecular complexity index is 171. The molecular weight excluding hydrogens is 151 g/mol. The van der Waals surface area contributed by atoms with Crippen LogP contribution in [0.2, 0.25) is 0 Å². The molecule has 0 aromatic rings. The zero-order valence-electron chi connectivity index (χ0n) is 7.89. The Labute approximate surface area is 89.7 Å². The van der Waals surface area contributed by atoms with Gasteiger partial charge in [0.1, 0.15) is 0 Å². The summed E-state index contributed by atoms with van der Waals surface area (Å²) in [6.07, 6.45) is 0. The van der Waals surface area contributed by atoms with Crippen LogP contribution in [-0.2, 0) is 4.79 Å². The molecule has 0 aliphatic heterocycles. The van der Waals surface area contributed by atoms with E-state index in [0.717, 1.165) is 0 Å². The number of aliphatic carboxylic acids is 1. The summed E-state index contributed by atoms with van der Waals surface area (Å²) >= 11 is 0. The van der Waals surface area contributed by atoms with Gasteiger partial charge in [0, 0.05) is 11.9 Å². The van der Waals surface area contributed by atoms with Crippen LogP contribution >= 0.6 is 0 Å². The van der Waals surface area contributed by atoms with E-state index in [1.807, 2.05) is 27.7 Å². The molecule has 1 saturated carbocycles. The fourth-order valence-corrected chi connectivity index (χ4v) is 1.79. The normalized spacial score (nSPS) is 25.5. The van der Waals surface area contributed by atoms with E-state index < -0.39 is 5.97 Å². The average molecular weight is 164 g/mol. The standard InChI is InChI=1S/C8H14O2.Na/c1-7(2)5(6(9)10)8(7,3)4;/h5H,1-4H3,(H,9,10);/q;+1/p-1. The van der Waals surface area contributed by atoms with Crippen LogP contribution in [0.5, 0.6) is 0 Å². The van der Waals surface area contributed by atoms with Crippen molar-refractivity contribution in [3.8, 4) is 0 Å². The van der Waals surface area contributed by atoms with E-state index in [0.29, 0.717) is 0 Å². The van der Waals surface area contributed by atoms with Gasteiger partial charge in [-0.1, -0.05) is 27.7 Å². The van der Waals surface area contributed by atoms with Crippen LogP contribution in [0.3, 0.4) is 0 Å². The van der Waals surface area contributed by atoms with E-state index in [-0.39, 0.29) is 46.3 Å². The molecule has 0 heterocycles. The summed E-state index contributed by atoms with van der Waals surface area (Å²) in [6, 6.07) is 0. The van der Waals surface area contributed by atoms with Crippen LogP contribution < -0.4 is 34.7 Å². The Morgan fingerprint density at radius 2 is 1.45 bits per heavy atom. The van der Waals surface area contributed by atoms with Gasteiger partial charge in [-0.05, 0) is 10.8 Å². The Morgan fingerprint density at radius 1 is 1.18 bits per heavy atom. The van der Waals surface area contributed by atoms with Crippen molar-refractivity contribution in [3.63, 3.8) is 0 Å². The van der Waals surface area contributed by atoms with Gasteiger partial charge in [-0.15, -0.1) is 0 Å². The summed E-state index contributed by atoms with van der Waals surface area (Å²) in [6.45, 7) is 7.86. The topological polar surface area (TPSA) is 40.1 Å². The van der Waals surface area contributed by atoms with Gasteiger partial charge in [-0.2, -0.15) is 0 Å². The molecule has 0 N–H and O–H groups in total. The summed E-state index contributed by atoms with van der Waals surface area (Å²) in [4.78, 5) is 10.5. The molecule has 0 amide bonds. The second-order valence-electron chi connectivity index (χ2n) is 4.20. The first-order valence-electron chi connectivity index (χ1n) is 3.52. The molecule has 1 aliphatic carbocycles. The van der Waals surface area contributed by atoms with Gasteiger partial charge in [0.25, 0.3) is 0 Å². The third-order valence-electron chi connectivity index (χ3n) is 3.26. The molecular formula is C8H13NaO2.